The Kier molecular flexibility index (Phi) is 9.01. The third-order valence-electron chi connectivity index (χ3n) is 5.60. The lowest BCUT2D eigenvalue weighted by Gasteiger charge is -2.43. The average Bonchev–Trinajstić information content (AvgIpc) is 2.70. The maximum Gasteiger partial charge on any atom is 0.227 e. The van der Waals surface area contributed by atoms with Gasteiger partial charge >= 0.3 is 0 Å². The van der Waals surface area contributed by atoms with Gasteiger partial charge in [0.1, 0.15) is 0 Å². The van der Waals surface area contributed by atoms with Crippen molar-refractivity contribution in [1.29, 1.82) is 0 Å². The van der Waals surface area contributed by atoms with Crippen LogP contribution in [0.15, 0.2) is 60.7 Å². The van der Waals surface area contributed by atoms with Crippen LogP contribution in [0.5, 0.6) is 0 Å². The highest BCUT2D eigenvalue weighted by molar-refractivity contribution is 5.94. The molecule has 0 N–H and O–H groups in total. The van der Waals surface area contributed by atoms with E-state index in [9.17, 15) is 4.79 Å². The molecule has 1 aliphatic rings. The van der Waals surface area contributed by atoms with E-state index in [-0.39, 0.29) is 18.3 Å². The standard InChI is InChI=1S/C24H32N2O.ClH/c1-3-10-24(27)26(22-13-8-5-9-14-22)23-16-18-25(19-20(23)2)17-15-21-11-6-4-7-12-21;/h4-9,11-14,20,23H,3,10,15-19H2,1-2H3;1H. The number of piperidine rings is 1. The van der Waals surface area contributed by atoms with Crippen LogP contribution in [0.3, 0.4) is 0 Å². The average molecular weight is 401 g/mol. The van der Waals surface area contributed by atoms with Gasteiger partial charge in [0, 0.05) is 37.8 Å². The molecule has 0 aliphatic carbocycles. The molecule has 0 saturated carbocycles. The van der Waals surface area contributed by atoms with Crippen LogP contribution in [0.1, 0.15) is 38.7 Å². The molecule has 1 aliphatic heterocycles. The number of nitrogens with zero attached hydrogens (tertiary/aromatic N) is 2. The summed E-state index contributed by atoms with van der Waals surface area (Å²) in [7, 11) is 0. The predicted octanol–water partition coefficient (Wildman–Crippen LogP) is 5.19. The number of para-hydroxylation sites is 1. The summed E-state index contributed by atoms with van der Waals surface area (Å²) in [6.07, 6.45) is 3.65. The van der Waals surface area contributed by atoms with E-state index in [0.29, 0.717) is 18.4 Å². The van der Waals surface area contributed by atoms with Crippen molar-refractivity contribution < 1.29 is 4.79 Å². The van der Waals surface area contributed by atoms with E-state index in [1.54, 1.807) is 0 Å². The van der Waals surface area contributed by atoms with Crippen molar-refractivity contribution >= 4 is 24.0 Å². The first-order valence-electron chi connectivity index (χ1n) is 10.3. The normalized spacial score (nSPS) is 19.6. The summed E-state index contributed by atoms with van der Waals surface area (Å²) in [6, 6.07) is 21.2. The first kappa shape index (κ1) is 22.4. The molecule has 2 atom stereocenters. The lowest BCUT2D eigenvalue weighted by molar-refractivity contribution is -0.119. The molecular formula is C24H33ClN2O. The van der Waals surface area contributed by atoms with Gasteiger partial charge in [-0.1, -0.05) is 62.4 Å². The number of hydrogen-bond donors (Lipinski definition) is 0. The number of likely N-dealkylation sites (tertiary alicyclic amines) is 1. The van der Waals surface area contributed by atoms with Crippen molar-refractivity contribution in [2.75, 3.05) is 24.5 Å². The fourth-order valence-corrected chi connectivity index (χ4v) is 4.18. The third-order valence-corrected chi connectivity index (χ3v) is 5.60. The molecule has 2 aromatic rings. The van der Waals surface area contributed by atoms with Crippen molar-refractivity contribution in [3.63, 3.8) is 0 Å². The molecule has 2 aromatic carbocycles. The number of carbonyl (C=O) groups is 1. The SMILES string of the molecule is CCCC(=O)N(c1ccccc1)C1CCN(CCc2ccccc2)CC1C.Cl. The molecule has 0 spiro atoms. The van der Waals surface area contributed by atoms with Gasteiger partial charge in [0.25, 0.3) is 0 Å². The first-order chi connectivity index (χ1) is 13.2. The molecule has 1 saturated heterocycles. The van der Waals surface area contributed by atoms with Crippen LogP contribution in [-0.2, 0) is 11.2 Å². The second kappa shape index (κ2) is 11.2. The van der Waals surface area contributed by atoms with Crippen molar-refractivity contribution in [3.05, 3.63) is 66.2 Å². The van der Waals surface area contributed by atoms with Crippen LogP contribution in [0.2, 0.25) is 0 Å². The van der Waals surface area contributed by atoms with Crippen molar-refractivity contribution in [2.45, 2.75) is 45.6 Å². The molecule has 1 heterocycles. The molecule has 0 bridgehead atoms. The van der Waals surface area contributed by atoms with E-state index < -0.39 is 0 Å². The number of hydrogen-bond acceptors (Lipinski definition) is 2. The lowest BCUT2D eigenvalue weighted by Crippen LogP contribution is -2.52. The number of carbonyl (C=O) groups excluding carboxylic acids is 1. The Labute approximate surface area is 176 Å². The van der Waals surface area contributed by atoms with Gasteiger partial charge in [-0.25, -0.2) is 0 Å². The Morgan fingerprint density at radius 1 is 1.07 bits per heavy atom. The van der Waals surface area contributed by atoms with Gasteiger partial charge in [-0.15, -0.1) is 12.4 Å². The maximum absolute atomic E-state index is 12.9. The molecule has 0 radical (unpaired) electrons. The molecule has 3 rings (SSSR count). The van der Waals surface area contributed by atoms with Crippen LogP contribution >= 0.6 is 12.4 Å². The van der Waals surface area contributed by atoms with Crippen molar-refractivity contribution in [2.24, 2.45) is 5.92 Å². The smallest absolute Gasteiger partial charge is 0.227 e. The minimum atomic E-state index is 0. The molecule has 2 unspecified atom stereocenters. The summed E-state index contributed by atoms with van der Waals surface area (Å²) in [5, 5.41) is 0. The highest BCUT2D eigenvalue weighted by Gasteiger charge is 2.33. The number of anilines is 1. The molecule has 28 heavy (non-hydrogen) atoms. The maximum atomic E-state index is 12.9. The molecule has 1 amide bonds. The summed E-state index contributed by atoms with van der Waals surface area (Å²) >= 11 is 0. The quantitative estimate of drug-likeness (QED) is 0.638. The van der Waals surface area contributed by atoms with Crippen LogP contribution < -0.4 is 4.90 Å². The fraction of sp³-hybridized carbons (Fsp3) is 0.458. The van der Waals surface area contributed by atoms with E-state index in [1.165, 1.54) is 5.56 Å². The van der Waals surface area contributed by atoms with Gasteiger partial charge in [-0.2, -0.15) is 0 Å². The van der Waals surface area contributed by atoms with Crippen LogP contribution in [0.4, 0.5) is 5.69 Å². The van der Waals surface area contributed by atoms with Gasteiger partial charge in [0.2, 0.25) is 5.91 Å². The Hall–Kier alpha value is -1.84. The van der Waals surface area contributed by atoms with Gasteiger partial charge < -0.3 is 9.80 Å². The highest BCUT2D eigenvalue weighted by atomic mass is 35.5. The zero-order valence-corrected chi connectivity index (χ0v) is 17.9. The van der Waals surface area contributed by atoms with E-state index in [1.807, 2.05) is 18.2 Å². The minimum Gasteiger partial charge on any atom is -0.309 e. The van der Waals surface area contributed by atoms with Crippen LogP contribution in [0, 0.1) is 5.92 Å². The van der Waals surface area contributed by atoms with E-state index >= 15 is 0 Å². The molecule has 4 heteroatoms. The second-order valence-corrected chi connectivity index (χ2v) is 7.72. The van der Waals surface area contributed by atoms with Gasteiger partial charge in [-0.05, 0) is 42.9 Å². The lowest BCUT2D eigenvalue weighted by atomic mass is 9.91. The van der Waals surface area contributed by atoms with E-state index in [2.05, 4.69) is 66.1 Å². The number of benzene rings is 2. The van der Waals surface area contributed by atoms with Crippen molar-refractivity contribution in [1.82, 2.24) is 4.90 Å². The zero-order chi connectivity index (χ0) is 19.1. The number of rotatable bonds is 7. The summed E-state index contributed by atoms with van der Waals surface area (Å²) < 4.78 is 0. The Balaban J connectivity index is 0.00000280. The van der Waals surface area contributed by atoms with Gasteiger partial charge in [-0.3, -0.25) is 4.79 Å². The van der Waals surface area contributed by atoms with Crippen molar-refractivity contribution in [3.8, 4) is 0 Å². The molecule has 0 aromatic heterocycles. The van der Waals surface area contributed by atoms with E-state index in [4.69, 9.17) is 0 Å². The molecule has 1 fully saturated rings. The topological polar surface area (TPSA) is 23.6 Å². The monoisotopic (exact) mass is 400 g/mol. The zero-order valence-electron chi connectivity index (χ0n) is 17.1. The summed E-state index contributed by atoms with van der Waals surface area (Å²) in [4.78, 5) is 17.5. The first-order valence-corrected chi connectivity index (χ1v) is 10.3. The Morgan fingerprint density at radius 2 is 1.71 bits per heavy atom. The summed E-state index contributed by atoms with van der Waals surface area (Å²) in [5.74, 6) is 0.730. The summed E-state index contributed by atoms with van der Waals surface area (Å²) in [5.41, 5.74) is 2.45. The third kappa shape index (κ3) is 5.83. The second-order valence-electron chi connectivity index (χ2n) is 7.72. The molecule has 3 nitrogen and oxygen atoms in total. The van der Waals surface area contributed by atoms with Gasteiger partial charge in [0.15, 0.2) is 0 Å². The van der Waals surface area contributed by atoms with E-state index in [0.717, 1.165) is 44.6 Å². The van der Waals surface area contributed by atoms with Crippen LogP contribution in [-0.4, -0.2) is 36.5 Å². The minimum absolute atomic E-state index is 0. The number of halogens is 1. The Bertz CT molecular complexity index is 707. The molecular weight excluding hydrogens is 368 g/mol. The largest absolute Gasteiger partial charge is 0.309 e. The molecule has 152 valence electrons. The Morgan fingerprint density at radius 3 is 2.32 bits per heavy atom. The highest BCUT2D eigenvalue weighted by Crippen LogP contribution is 2.28. The fourth-order valence-electron chi connectivity index (χ4n) is 4.18. The van der Waals surface area contributed by atoms with Gasteiger partial charge in [0.05, 0.1) is 0 Å². The predicted molar refractivity (Wildman–Crippen MR) is 120 cm³/mol. The summed E-state index contributed by atoms with van der Waals surface area (Å²) in [6.45, 7) is 7.59. The van der Waals surface area contributed by atoms with Crippen LogP contribution in [0.25, 0.3) is 0 Å². The number of amides is 1.